The van der Waals surface area contributed by atoms with Gasteiger partial charge in [0.15, 0.2) is 5.76 Å². The summed E-state index contributed by atoms with van der Waals surface area (Å²) >= 11 is 0. The zero-order chi connectivity index (χ0) is 9.56. The normalized spacial score (nSPS) is 11.9. The topological polar surface area (TPSA) is 58.6 Å². The molecule has 0 amide bonds. The van der Waals surface area contributed by atoms with Gasteiger partial charge in [0.1, 0.15) is 0 Å². The fraction of sp³-hybridized carbons (Fsp3) is 0.625. The third-order valence-electron chi connectivity index (χ3n) is 1.07. The first-order chi connectivity index (χ1) is 5.63. The van der Waals surface area contributed by atoms with E-state index in [-0.39, 0.29) is 19.0 Å². The Labute approximate surface area is 71.8 Å². The number of hydrogen-bond donors (Lipinski definition) is 0. The van der Waals surface area contributed by atoms with Crippen LogP contribution in [0.25, 0.3) is 0 Å². The number of rotatable bonds is 4. The highest BCUT2D eigenvalue weighted by atomic mass is 16.6. The van der Waals surface area contributed by atoms with Crippen LogP contribution < -0.4 is 5.11 Å². The third kappa shape index (κ3) is 3.27. The van der Waals surface area contributed by atoms with Crippen molar-refractivity contribution in [3.63, 3.8) is 0 Å². The van der Waals surface area contributed by atoms with Crippen LogP contribution in [0.1, 0.15) is 20.8 Å². The highest BCUT2D eigenvalue weighted by Gasteiger charge is 2.10. The van der Waals surface area contributed by atoms with Gasteiger partial charge in [-0.05, 0) is 13.8 Å². The summed E-state index contributed by atoms with van der Waals surface area (Å²) in [5, 5.41) is 10.8. The molecule has 0 saturated heterocycles. The van der Waals surface area contributed by atoms with Crippen molar-refractivity contribution in [2.24, 2.45) is 0 Å². The van der Waals surface area contributed by atoms with Gasteiger partial charge >= 0.3 is 5.97 Å². The molecule has 0 aromatic rings. The molecule has 4 heteroatoms. The van der Waals surface area contributed by atoms with Gasteiger partial charge in [-0.2, -0.15) is 0 Å². The average Bonchev–Trinajstić information content (AvgIpc) is 1.99. The van der Waals surface area contributed by atoms with E-state index in [1.54, 1.807) is 13.8 Å². The molecule has 0 rings (SSSR count). The molecule has 0 unspecified atom stereocenters. The summed E-state index contributed by atoms with van der Waals surface area (Å²) in [7, 11) is 0. The number of carbonyl (C=O) groups excluding carboxylic acids is 1. The molecular formula is C8H13O4-. The molecule has 0 fully saturated rings. The summed E-state index contributed by atoms with van der Waals surface area (Å²) < 4.78 is 9.41. The summed E-state index contributed by atoms with van der Waals surface area (Å²) in [6.45, 7) is 5.15. The minimum atomic E-state index is -0.688. The quantitative estimate of drug-likeness (QED) is 0.345. The second-order valence-electron chi connectivity index (χ2n) is 2.04. The van der Waals surface area contributed by atoms with Gasteiger partial charge in [0.25, 0.3) is 0 Å². The molecule has 0 N–H and O–H groups in total. The SMILES string of the molecule is CCOC(=O)/C(OCC)=C(/C)[O-]. The molecule has 0 aliphatic rings. The van der Waals surface area contributed by atoms with Crippen molar-refractivity contribution < 1.29 is 19.4 Å². The van der Waals surface area contributed by atoms with Crippen LogP contribution in [0, 0.1) is 0 Å². The lowest BCUT2D eigenvalue weighted by Crippen LogP contribution is -2.17. The lowest BCUT2D eigenvalue weighted by atomic mass is 10.4. The number of esters is 1. The summed E-state index contributed by atoms with van der Waals surface area (Å²) in [4.78, 5) is 11.0. The molecule has 0 saturated carbocycles. The second-order valence-corrected chi connectivity index (χ2v) is 2.04. The molecule has 0 aliphatic heterocycles. The van der Waals surface area contributed by atoms with E-state index in [1.807, 2.05) is 0 Å². The Balaban J connectivity index is 4.32. The van der Waals surface area contributed by atoms with E-state index in [0.717, 1.165) is 0 Å². The molecule has 0 heterocycles. The van der Waals surface area contributed by atoms with Crippen molar-refractivity contribution in [1.82, 2.24) is 0 Å². The molecule has 12 heavy (non-hydrogen) atoms. The molecule has 0 atom stereocenters. The summed E-state index contributed by atoms with van der Waals surface area (Å²) in [6, 6.07) is 0. The molecule has 0 aromatic heterocycles. The zero-order valence-corrected chi connectivity index (χ0v) is 7.55. The zero-order valence-electron chi connectivity index (χ0n) is 7.55. The van der Waals surface area contributed by atoms with Crippen LogP contribution in [-0.4, -0.2) is 19.2 Å². The van der Waals surface area contributed by atoms with Crippen molar-refractivity contribution in [3.05, 3.63) is 11.5 Å². The minimum Gasteiger partial charge on any atom is -0.873 e. The Hall–Kier alpha value is -1.19. The van der Waals surface area contributed by atoms with Crippen molar-refractivity contribution in [1.29, 1.82) is 0 Å². The predicted molar refractivity (Wildman–Crippen MR) is 41.0 cm³/mol. The van der Waals surface area contributed by atoms with Gasteiger partial charge in [0.05, 0.1) is 13.2 Å². The monoisotopic (exact) mass is 173 g/mol. The molecule has 0 bridgehead atoms. The van der Waals surface area contributed by atoms with E-state index in [2.05, 4.69) is 4.74 Å². The number of carbonyl (C=O) groups is 1. The molecule has 70 valence electrons. The van der Waals surface area contributed by atoms with Crippen molar-refractivity contribution in [2.45, 2.75) is 20.8 Å². The van der Waals surface area contributed by atoms with E-state index in [0.29, 0.717) is 0 Å². The Morgan fingerprint density at radius 3 is 2.08 bits per heavy atom. The Morgan fingerprint density at radius 2 is 1.75 bits per heavy atom. The highest BCUT2D eigenvalue weighted by Crippen LogP contribution is 2.03. The summed E-state index contributed by atoms with van der Waals surface area (Å²) in [6.07, 6.45) is 0. The van der Waals surface area contributed by atoms with Crippen LogP contribution in [0.4, 0.5) is 0 Å². The van der Waals surface area contributed by atoms with Crippen LogP contribution in [0.2, 0.25) is 0 Å². The second kappa shape index (κ2) is 5.46. The number of allylic oxidation sites excluding steroid dienone is 1. The fourth-order valence-corrected chi connectivity index (χ4v) is 0.645. The molecule has 0 aromatic carbocycles. The maximum Gasteiger partial charge on any atom is 0.372 e. The first-order valence-electron chi connectivity index (χ1n) is 3.81. The molecule has 0 spiro atoms. The summed E-state index contributed by atoms with van der Waals surface area (Å²) in [5.41, 5.74) is 0. The van der Waals surface area contributed by atoms with Gasteiger partial charge in [-0.15, -0.1) is 0 Å². The van der Waals surface area contributed by atoms with E-state index >= 15 is 0 Å². The van der Waals surface area contributed by atoms with Gasteiger partial charge < -0.3 is 14.6 Å². The maximum absolute atomic E-state index is 11.0. The average molecular weight is 173 g/mol. The number of hydrogen-bond acceptors (Lipinski definition) is 4. The van der Waals surface area contributed by atoms with Crippen LogP contribution in [0.3, 0.4) is 0 Å². The van der Waals surface area contributed by atoms with Crippen LogP contribution in [-0.2, 0) is 14.3 Å². The van der Waals surface area contributed by atoms with Crippen LogP contribution in [0.5, 0.6) is 0 Å². The molecular weight excluding hydrogens is 160 g/mol. The fourth-order valence-electron chi connectivity index (χ4n) is 0.645. The number of ether oxygens (including phenoxy) is 2. The van der Waals surface area contributed by atoms with Gasteiger partial charge in [0, 0.05) is 0 Å². The standard InChI is InChI=1S/C8H14O4/c1-4-11-7(6(3)9)8(10)12-5-2/h9H,4-5H2,1-3H3/p-1/b7-6+. The minimum absolute atomic E-state index is 0.223. The summed E-state index contributed by atoms with van der Waals surface area (Å²) in [5.74, 6) is -1.32. The van der Waals surface area contributed by atoms with Crippen molar-refractivity contribution in [2.75, 3.05) is 13.2 Å². The lowest BCUT2D eigenvalue weighted by molar-refractivity contribution is -0.306. The van der Waals surface area contributed by atoms with Gasteiger partial charge in [0.2, 0.25) is 0 Å². The maximum atomic E-state index is 11.0. The highest BCUT2D eigenvalue weighted by molar-refractivity contribution is 5.86. The van der Waals surface area contributed by atoms with Gasteiger partial charge in [-0.1, -0.05) is 12.7 Å². The Kier molecular flexibility index (Phi) is 4.92. The van der Waals surface area contributed by atoms with Crippen molar-refractivity contribution >= 4 is 5.97 Å². The smallest absolute Gasteiger partial charge is 0.372 e. The van der Waals surface area contributed by atoms with Gasteiger partial charge in [-0.3, -0.25) is 0 Å². The Morgan fingerprint density at radius 1 is 1.25 bits per heavy atom. The van der Waals surface area contributed by atoms with Gasteiger partial charge in [-0.25, -0.2) is 4.79 Å². The molecule has 0 radical (unpaired) electrons. The lowest BCUT2D eigenvalue weighted by Gasteiger charge is -2.13. The largest absolute Gasteiger partial charge is 0.873 e. The van der Waals surface area contributed by atoms with E-state index in [4.69, 9.17) is 4.74 Å². The first kappa shape index (κ1) is 10.8. The van der Waals surface area contributed by atoms with Crippen molar-refractivity contribution in [3.8, 4) is 0 Å². The predicted octanol–water partition coefficient (Wildman–Crippen LogP) is 0.178. The van der Waals surface area contributed by atoms with E-state index in [9.17, 15) is 9.90 Å². The van der Waals surface area contributed by atoms with Crippen LogP contribution in [0.15, 0.2) is 11.5 Å². The van der Waals surface area contributed by atoms with E-state index < -0.39 is 11.7 Å². The molecule has 4 nitrogen and oxygen atoms in total. The first-order valence-corrected chi connectivity index (χ1v) is 3.81. The third-order valence-corrected chi connectivity index (χ3v) is 1.07. The van der Waals surface area contributed by atoms with Crippen LogP contribution >= 0.6 is 0 Å². The van der Waals surface area contributed by atoms with E-state index in [1.165, 1.54) is 6.92 Å². The molecule has 0 aliphatic carbocycles. The Bertz CT molecular complexity index is 179.